The van der Waals surface area contributed by atoms with Crippen molar-refractivity contribution in [3.63, 3.8) is 0 Å². The SMILES string of the molecule is Cc1cc(OCCCc2c(C)n(CC(=O)O)c3cc(Cl)ccc23)cc(C)c1Cl. The molecule has 0 fully saturated rings. The fourth-order valence-corrected chi connectivity index (χ4v) is 3.88. The average Bonchev–Trinajstić information content (AvgIpc) is 2.87. The number of halogens is 2. The molecule has 0 saturated heterocycles. The van der Waals surface area contributed by atoms with Crippen molar-refractivity contribution in [2.45, 2.75) is 40.2 Å². The van der Waals surface area contributed by atoms with Crippen molar-refractivity contribution in [2.24, 2.45) is 0 Å². The number of benzene rings is 2. The standard InChI is InChI=1S/C22H23Cl2NO3/c1-13-9-17(10-14(2)22(13)24)28-8-4-5-18-15(3)25(12-21(26)27)20-11-16(23)6-7-19(18)20/h6-7,9-11H,4-5,8,12H2,1-3H3,(H,26,27). The van der Waals surface area contributed by atoms with Gasteiger partial charge in [0.2, 0.25) is 0 Å². The van der Waals surface area contributed by atoms with Gasteiger partial charge in [0, 0.05) is 21.1 Å². The van der Waals surface area contributed by atoms with Crippen LogP contribution in [0.15, 0.2) is 30.3 Å². The molecule has 0 amide bonds. The predicted octanol–water partition coefficient (Wildman–Crippen LogP) is 5.97. The molecule has 148 valence electrons. The number of aromatic nitrogens is 1. The van der Waals surface area contributed by atoms with Crippen molar-refractivity contribution < 1.29 is 14.6 Å². The van der Waals surface area contributed by atoms with Gasteiger partial charge in [-0.25, -0.2) is 0 Å². The predicted molar refractivity (Wildman–Crippen MR) is 114 cm³/mol. The summed E-state index contributed by atoms with van der Waals surface area (Å²) < 4.78 is 7.72. The Labute approximate surface area is 174 Å². The van der Waals surface area contributed by atoms with Crippen LogP contribution >= 0.6 is 23.2 Å². The molecule has 1 N–H and O–H groups in total. The highest BCUT2D eigenvalue weighted by Crippen LogP contribution is 2.30. The molecule has 0 atom stereocenters. The zero-order chi connectivity index (χ0) is 20.4. The third-order valence-corrected chi connectivity index (χ3v) is 5.79. The molecule has 0 radical (unpaired) electrons. The minimum absolute atomic E-state index is 0.0808. The number of ether oxygens (including phenoxy) is 1. The van der Waals surface area contributed by atoms with Crippen molar-refractivity contribution in [3.05, 3.63) is 62.8 Å². The average molecular weight is 420 g/mol. The highest BCUT2D eigenvalue weighted by Gasteiger charge is 2.16. The molecule has 3 rings (SSSR count). The molecule has 0 aliphatic carbocycles. The molecular weight excluding hydrogens is 397 g/mol. The number of carboxylic acid groups (broad SMARTS) is 1. The Hall–Kier alpha value is -2.17. The molecule has 0 aliphatic heterocycles. The van der Waals surface area contributed by atoms with E-state index in [1.54, 1.807) is 0 Å². The Balaban J connectivity index is 1.76. The minimum Gasteiger partial charge on any atom is -0.494 e. The van der Waals surface area contributed by atoms with E-state index in [0.717, 1.165) is 56.9 Å². The van der Waals surface area contributed by atoms with Crippen LogP contribution in [0.4, 0.5) is 0 Å². The lowest BCUT2D eigenvalue weighted by molar-refractivity contribution is -0.137. The maximum absolute atomic E-state index is 11.3. The summed E-state index contributed by atoms with van der Waals surface area (Å²) in [6.45, 7) is 6.38. The lowest BCUT2D eigenvalue weighted by Gasteiger charge is -2.10. The number of nitrogens with zero attached hydrogens (tertiary/aromatic N) is 1. The van der Waals surface area contributed by atoms with Crippen LogP contribution in [0, 0.1) is 20.8 Å². The lowest BCUT2D eigenvalue weighted by Crippen LogP contribution is -2.10. The minimum atomic E-state index is -0.872. The van der Waals surface area contributed by atoms with Gasteiger partial charge >= 0.3 is 5.97 Å². The molecule has 1 aromatic heterocycles. The summed E-state index contributed by atoms with van der Waals surface area (Å²) in [7, 11) is 0. The first-order valence-electron chi connectivity index (χ1n) is 9.16. The van der Waals surface area contributed by atoms with Gasteiger partial charge in [0.1, 0.15) is 12.3 Å². The molecule has 28 heavy (non-hydrogen) atoms. The molecule has 3 aromatic rings. The number of aliphatic carboxylic acids is 1. The maximum atomic E-state index is 11.3. The Morgan fingerprint density at radius 3 is 2.43 bits per heavy atom. The molecule has 2 aromatic carbocycles. The molecule has 0 saturated carbocycles. The monoisotopic (exact) mass is 419 g/mol. The third kappa shape index (κ3) is 4.29. The molecule has 0 unspecified atom stereocenters. The van der Waals surface area contributed by atoms with Crippen LogP contribution in [0.2, 0.25) is 10.0 Å². The van der Waals surface area contributed by atoms with Crippen LogP contribution in [-0.4, -0.2) is 22.2 Å². The van der Waals surface area contributed by atoms with Gasteiger partial charge in [-0.2, -0.15) is 0 Å². The number of aryl methyl sites for hydroxylation is 3. The van der Waals surface area contributed by atoms with E-state index in [-0.39, 0.29) is 6.54 Å². The van der Waals surface area contributed by atoms with Crippen LogP contribution in [0.3, 0.4) is 0 Å². The quantitative estimate of drug-likeness (QED) is 0.479. The lowest BCUT2D eigenvalue weighted by atomic mass is 10.1. The molecule has 4 nitrogen and oxygen atoms in total. The van der Waals surface area contributed by atoms with Crippen molar-refractivity contribution in [3.8, 4) is 5.75 Å². The highest BCUT2D eigenvalue weighted by atomic mass is 35.5. The van der Waals surface area contributed by atoms with Crippen LogP contribution in [0.5, 0.6) is 5.75 Å². The van der Waals surface area contributed by atoms with Gasteiger partial charge in [0.05, 0.1) is 12.1 Å². The number of rotatable bonds is 7. The van der Waals surface area contributed by atoms with E-state index in [0.29, 0.717) is 11.6 Å². The summed E-state index contributed by atoms with van der Waals surface area (Å²) in [4.78, 5) is 11.3. The van der Waals surface area contributed by atoms with E-state index in [2.05, 4.69) is 0 Å². The number of carboxylic acids is 1. The largest absolute Gasteiger partial charge is 0.494 e. The van der Waals surface area contributed by atoms with Crippen LogP contribution in [-0.2, 0) is 17.8 Å². The van der Waals surface area contributed by atoms with Crippen molar-refractivity contribution in [1.29, 1.82) is 0 Å². The number of fused-ring (bicyclic) bond motifs is 1. The second-order valence-electron chi connectivity index (χ2n) is 7.03. The van der Waals surface area contributed by atoms with Gasteiger partial charge in [0.15, 0.2) is 0 Å². The first-order valence-corrected chi connectivity index (χ1v) is 9.92. The van der Waals surface area contributed by atoms with Crippen molar-refractivity contribution in [2.75, 3.05) is 6.61 Å². The van der Waals surface area contributed by atoms with Crippen molar-refractivity contribution >= 4 is 40.1 Å². The van der Waals surface area contributed by atoms with Gasteiger partial charge in [0.25, 0.3) is 0 Å². The van der Waals surface area contributed by atoms with E-state index < -0.39 is 5.97 Å². The third-order valence-electron chi connectivity index (χ3n) is 4.96. The summed E-state index contributed by atoms with van der Waals surface area (Å²) in [6, 6.07) is 9.52. The van der Waals surface area contributed by atoms with E-state index in [1.165, 1.54) is 0 Å². The molecule has 6 heteroatoms. The van der Waals surface area contributed by atoms with E-state index in [9.17, 15) is 9.90 Å². The highest BCUT2D eigenvalue weighted by molar-refractivity contribution is 6.32. The Kier molecular flexibility index (Phi) is 6.21. The van der Waals surface area contributed by atoms with Gasteiger partial charge in [-0.05, 0) is 74.6 Å². The Bertz CT molecular complexity index is 1020. The van der Waals surface area contributed by atoms with Crippen molar-refractivity contribution in [1.82, 2.24) is 4.57 Å². The summed E-state index contributed by atoms with van der Waals surface area (Å²) in [5, 5.41) is 11.7. The normalized spacial score (nSPS) is 11.2. The van der Waals surface area contributed by atoms with E-state index >= 15 is 0 Å². The zero-order valence-corrected chi connectivity index (χ0v) is 17.7. The topological polar surface area (TPSA) is 51.5 Å². The number of carbonyl (C=O) groups is 1. The summed E-state index contributed by atoms with van der Waals surface area (Å²) >= 11 is 12.3. The van der Waals surface area contributed by atoms with Gasteiger partial charge in [-0.3, -0.25) is 4.79 Å². The van der Waals surface area contributed by atoms with Crippen LogP contribution < -0.4 is 4.74 Å². The maximum Gasteiger partial charge on any atom is 0.323 e. The van der Waals surface area contributed by atoms with Gasteiger partial charge in [-0.1, -0.05) is 29.3 Å². The first-order chi connectivity index (χ1) is 13.3. The molecule has 1 heterocycles. The fraction of sp³-hybridized carbons (Fsp3) is 0.318. The Morgan fingerprint density at radius 2 is 1.79 bits per heavy atom. The van der Waals surface area contributed by atoms with Gasteiger partial charge in [-0.15, -0.1) is 0 Å². The molecule has 0 bridgehead atoms. The molecular formula is C22H23Cl2NO3. The molecule has 0 spiro atoms. The summed E-state index contributed by atoms with van der Waals surface area (Å²) in [5.41, 5.74) is 4.95. The van der Waals surface area contributed by atoms with Crippen LogP contribution in [0.1, 0.15) is 28.8 Å². The van der Waals surface area contributed by atoms with E-state index in [4.69, 9.17) is 27.9 Å². The summed E-state index contributed by atoms with van der Waals surface area (Å²) in [6.07, 6.45) is 1.61. The second kappa shape index (κ2) is 8.46. The fourth-order valence-electron chi connectivity index (χ4n) is 3.60. The smallest absolute Gasteiger partial charge is 0.323 e. The number of hydrogen-bond acceptors (Lipinski definition) is 2. The number of hydrogen-bond donors (Lipinski definition) is 1. The van der Waals surface area contributed by atoms with E-state index in [1.807, 2.05) is 55.7 Å². The zero-order valence-electron chi connectivity index (χ0n) is 16.2. The summed E-state index contributed by atoms with van der Waals surface area (Å²) in [5.74, 6) is -0.0560. The first kappa shape index (κ1) is 20.6. The van der Waals surface area contributed by atoms with Crippen LogP contribution in [0.25, 0.3) is 10.9 Å². The molecule has 0 aliphatic rings. The Morgan fingerprint density at radius 1 is 1.11 bits per heavy atom. The second-order valence-corrected chi connectivity index (χ2v) is 7.84. The van der Waals surface area contributed by atoms with Gasteiger partial charge < -0.3 is 14.4 Å².